The van der Waals surface area contributed by atoms with Crippen molar-refractivity contribution >= 4 is 40.6 Å². The molecule has 0 bridgehead atoms. The lowest BCUT2D eigenvalue weighted by Crippen LogP contribution is -2.50. The molecule has 10 nitrogen and oxygen atoms in total. The summed E-state index contributed by atoms with van der Waals surface area (Å²) in [6, 6.07) is 9.77. The Morgan fingerprint density at radius 3 is 2.33 bits per heavy atom. The van der Waals surface area contributed by atoms with Crippen LogP contribution in [0.25, 0.3) is 0 Å². The first-order valence-electron chi connectivity index (χ1n) is 11.4. The van der Waals surface area contributed by atoms with E-state index in [4.69, 9.17) is 15.9 Å². The SMILES string of the molecule is CCC(C)(C)NC(=O)[C@H](c1ccc(N(C)C)cc1)N(Cc1ccco1)C(=O)c1snc(C(N)=O)c1N. The molecule has 3 aromatic rings. The summed E-state index contributed by atoms with van der Waals surface area (Å²) in [6.07, 6.45) is 2.17. The third-order valence-electron chi connectivity index (χ3n) is 5.95. The Balaban J connectivity index is 2.14. The highest BCUT2D eigenvalue weighted by Crippen LogP contribution is 2.31. The maximum absolute atomic E-state index is 13.9. The van der Waals surface area contributed by atoms with E-state index in [1.165, 1.54) is 11.2 Å². The van der Waals surface area contributed by atoms with E-state index in [0.29, 0.717) is 17.7 Å². The molecule has 0 unspecified atom stereocenters. The molecule has 1 atom stereocenters. The fourth-order valence-corrected chi connectivity index (χ4v) is 4.29. The molecular weight excluding hydrogens is 480 g/mol. The molecule has 192 valence electrons. The van der Waals surface area contributed by atoms with E-state index in [-0.39, 0.29) is 28.7 Å². The Hall–Kier alpha value is -3.86. The third-order valence-corrected chi connectivity index (χ3v) is 6.80. The molecule has 3 amide bonds. The number of amides is 3. The van der Waals surface area contributed by atoms with Crippen LogP contribution < -0.4 is 21.7 Å². The zero-order valence-electron chi connectivity index (χ0n) is 21.1. The van der Waals surface area contributed by atoms with Gasteiger partial charge in [-0.15, -0.1) is 0 Å². The number of rotatable bonds is 10. The number of carbonyl (C=O) groups excluding carboxylic acids is 3. The van der Waals surface area contributed by atoms with Crippen LogP contribution in [0.5, 0.6) is 0 Å². The summed E-state index contributed by atoms with van der Waals surface area (Å²) in [5.74, 6) is -1.30. The van der Waals surface area contributed by atoms with Crippen molar-refractivity contribution in [2.24, 2.45) is 5.73 Å². The monoisotopic (exact) mass is 512 g/mol. The molecule has 0 aliphatic carbocycles. The normalized spacial score (nSPS) is 12.1. The smallest absolute Gasteiger partial charge is 0.270 e. The first-order valence-corrected chi connectivity index (χ1v) is 12.2. The predicted octanol–water partition coefficient (Wildman–Crippen LogP) is 3.17. The lowest BCUT2D eigenvalue weighted by atomic mass is 9.98. The van der Waals surface area contributed by atoms with Gasteiger partial charge in [0.2, 0.25) is 5.91 Å². The third kappa shape index (κ3) is 5.85. The summed E-state index contributed by atoms with van der Waals surface area (Å²) in [5, 5.41) is 3.05. The van der Waals surface area contributed by atoms with Crippen LogP contribution in [0, 0.1) is 0 Å². The molecule has 2 heterocycles. The quantitative estimate of drug-likeness (QED) is 0.378. The molecular formula is C25H32N6O4S. The second-order valence-corrected chi connectivity index (χ2v) is 10.0. The minimum absolute atomic E-state index is 0.0187. The highest BCUT2D eigenvalue weighted by atomic mass is 32.1. The maximum atomic E-state index is 13.9. The molecule has 36 heavy (non-hydrogen) atoms. The number of furan rings is 1. The van der Waals surface area contributed by atoms with Gasteiger partial charge in [0.05, 0.1) is 18.5 Å². The van der Waals surface area contributed by atoms with Gasteiger partial charge in [0.1, 0.15) is 16.7 Å². The van der Waals surface area contributed by atoms with E-state index in [0.717, 1.165) is 17.2 Å². The fraction of sp³-hybridized carbons (Fsp3) is 0.360. The second-order valence-electron chi connectivity index (χ2n) is 9.27. The molecule has 5 N–H and O–H groups in total. The van der Waals surface area contributed by atoms with Gasteiger partial charge in [-0.1, -0.05) is 19.1 Å². The molecule has 1 aromatic carbocycles. The van der Waals surface area contributed by atoms with Crippen molar-refractivity contribution in [3.05, 3.63) is 64.6 Å². The van der Waals surface area contributed by atoms with E-state index < -0.39 is 23.4 Å². The topological polar surface area (TPSA) is 148 Å². The van der Waals surface area contributed by atoms with Crippen LogP contribution in [-0.2, 0) is 11.3 Å². The van der Waals surface area contributed by atoms with Crippen molar-refractivity contribution in [2.45, 2.75) is 45.3 Å². The van der Waals surface area contributed by atoms with E-state index in [1.807, 2.05) is 64.0 Å². The minimum atomic E-state index is -1.02. The Morgan fingerprint density at radius 2 is 1.83 bits per heavy atom. The average molecular weight is 513 g/mol. The standard InChI is InChI=1S/C25H32N6O4S/c1-6-25(2,3)28-23(33)20(15-9-11-16(12-10-15)30(4)5)31(14-17-8-7-13-35-17)24(34)21-18(26)19(22(27)32)29-36-21/h7-13,20H,6,14,26H2,1-5H3,(H2,27,32)(H,28,33)/t20-/m0/s1. The first-order chi connectivity index (χ1) is 16.9. The van der Waals surface area contributed by atoms with E-state index in [2.05, 4.69) is 9.69 Å². The van der Waals surface area contributed by atoms with Crippen molar-refractivity contribution in [3.8, 4) is 0 Å². The summed E-state index contributed by atoms with van der Waals surface area (Å²) in [4.78, 5) is 42.7. The van der Waals surface area contributed by atoms with E-state index in [9.17, 15) is 14.4 Å². The second kappa shape index (κ2) is 10.8. The highest BCUT2D eigenvalue weighted by Gasteiger charge is 2.37. The number of hydrogen-bond acceptors (Lipinski definition) is 8. The minimum Gasteiger partial charge on any atom is -0.467 e. The highest BCUT2D eigenvalue weighted by molar-refractivity contribution is 7.09. The Kier molecular flexibility index (Phi) is 8.03. The number of benzene rings is 1. The lowest BCUT2D eigenvalue weighted by Gasteiger charge is -2.34. The van der Waals surface area contributed by atoms with Crippen LogP contribution in [0.3, 0.4) is 0 Å². The number of nitrogens with two attached hydrogens (primary N) is 2. The lowest BCUT2D eigenvalue weighted by molar-refractivity contribution is -0.127. The molecule has 0 aliphatic rings. The molecule has 0 spiro atoms. The molecule has 2 aromatic heterocycles. The largest absolute Gasteiger partial charge is 0.467 e. The molecule has 0 aliphatic heterocycles. The van der Waals surface area contributed by atoms with Crippen molar-refractivity contribution in [1.29, 1.82) is 0 Å². The number of aromatic nitrogens is 1. The molecule has 0 fully saturated rings. The van der Waals surface area contributed by atoms with E-state index in [1.54, 1.807) is 12.1 Å². The van der Waals surface area contributed by atoms with Gasteiger partial charge in [-0.2, -0.15) is 4.37 Å². The maximum Gasteiger partial charge on any atom is 0.270 e. The molecule has 0 radical (unpaired) electrons. The van der Waals surface area contributed by atoms with E-state index >= 15 is 0 Å². The van der Waals surface area contributed by atoms with Crippen molar-refractivity contribution in [2.75, 3.05) is 24.7 Å². The Labute approximate surface area is 214 Å². The number of nitrogens with zero attached hydrogens (tertiary/aromatic N) is 3. The number of anilines is 2. The van der Waals surface area contributed by atoms with Crippen molar-refractivity contribution in [1.82, 2.24) is 14.6 Å². The summed E-state index contributed by atoms with van der Waals surface area (Å²) in [5.41, 5.74) is 12.2. The van der Waals surface area contributed by atoms with Crippen LogP contribution in [0.4, 0.5) is 11.4 Å². The summed E-state index contributed by atoms with van der Waals surface area (Å²) >= 11 is 0.766. The predicted molar refractivity (Wildman–Crippen MR) is 140 cm³/mol. The summed E-state index contributed by atoms with van der Waals surface area (Å²) < 4.78 is 9.47. The Morgan fingerprint density at radius 1 is 1.17 bits per heavy atom. The van der Waals surface area contributed by atoms with Crippen molar-refractivity contribution < 1.29 is 18.8 Å². The van der Waals surface area contributed by atoms with Crippen LogP contribution in [0.2, 0.25) is 0 Å². The molecule has 0 saturated heterocycles. The molecule has 0 saturated carbocycles. The van der Waals surface area contributed by atoms with Crippen LogP contribution >= 0.6 is 11.5 Å². The van der Waals surface area contributed by atoms with Crippen LogP contribution in [0.1, 0.15) is 64.7 Å². The number of nitrogen functional groups attached to an aromatic ring is 1. The average Bonchev–Trinajstić information content (AvgIpc) is 3.47. The van der Waals surface area contributed by atoms with Crippen LogP contribution in [-0.4, -0.2) is 46.6 Å². The van der Waals surface area contributed by atoms with Gasteiger partial charge < -0.3 is 31.0 Å². The van der Waals surface area contributed by atoms with Gasteiger partial charge in [0.15, 0.2) is 5.69 Å². The zero-order valence-corrected chi connectivity index (χ0v) is 21.9. The number of nitrogens with one attached hydrogen (secondary N) is 1. The number of carbonyl (C=O) groups is 3. The molecule has 11 heteroatoms. The van der Waals surface area contributed by atoms with Gasteiger partial charge in [0, 0.05) is 25.3 Å². The van der Waals surface area contributed by atoms with Gasteiger partial charge in [-0.3, -0.25) is 14.4 Å². The van der Waals surface area contributed by atoms with Gasteiger partial charge in [-0.05, 0) is 61.6 Å². The Bertz CT molecular complexity index is 1220. The van der Waals surface area contributed by atoms with Gasteiger partial charge in [0.25, 0.3) is 11.8 Å². The number of primary amides is 1. The summed E-state index contributed by atoms with van der Waals surface area (Å²) in [6.45, 7) is 5.78. The van der Waals surface area contributed by atoms with Gasteiger partial charge >= 0.3 is 0 Å². The van der Waals surface area contributed by atoms with Crippen LogP contribution in [0.15, 0.2) is 47.1 Å². The van der Waals surface area contributed by atoms with Gasteiger partial charge in [-0.25, -0.2) is 0 Å². The van der Waals surface area contributed by atoms with Crippen molar-refractivity contribution in [3.63, 3.8) is 0 Å². The fourth-order valence-electron chi connectivity index (χ4n) is 3.53. The summed E-state index contributed by atoms with van der Waals surface area (Å²) in [7, 11) is 3.83. The molecule has 3 rings (SSSR count). The zero-order chi connectivity index (χ0) is 26.6. The first kappa shape index (κ1) is 26.7. The number of hydrogen-bond donors (Lipinski definition) is 3.